The summed E-state index contributed by atoms with van der Waals surface area (Å²) >= 11 is 0. The number of carbonyl (C=O) groups excluding carboxylic acids is 1. The van der Waals surface area contributed by atoms with Crippen molar-refractivity contribution in [1.29, 1.82) is 0 Å². The number of hydrogen-bond acceptors (Lipinski definition) is 6. The molecule has 4 N–H and O–H groups in total. The minimum atomic E-state index is -4.56. The maximum Gasteiger partial charge on any atom is 0.416 e. The van der Waals surface area contributed by atoms with Gasteiger partial charge in [0.25, 0.3) is 5.91 Å². The molecule has 0 saturated heterocycles. The molecule has 194 valence electrons. The van der Waals surface area contributed by atoms with E-state index < -0.39 is 23.6 Å². The number of nitrogens with two attached hydrogens (primary N) is 1. The summed E-state index contributed by atoms with van der Waals surface area (Å²) in [5.74, 6) is -0.787. The quantitative estimate of drug-likeness (QED) is 0.352. The van der Waals surface area contributed by atoms with E-state index in [-0.39, 0.29) is 40.9 Å². The number of amides is 1. The second-order valence-corrected chi connectivity index (χ2v) is 9.60. The van der Waals surface area contributed by atoms with Crippen LogP contribution in [0, 0.1) is 17.8 Å². The highest BCUT2D eigenvalue weighted by molar-refractivity contribution is 6.04. The molecule has 6 rings (SSSR count). The average Bonchev–Trinajstić information content (AvgIpc) is 3.23. The number of nitrogen functional groups attached to an aromatic ring is 1. The zero-order chi connectivity index (χ0) is 26.8. The monoisotopic (exact) mass is 522 g/mol. The molecule has 2 aliphatic carbocycles. The van der Waals surface area contributed by atoms with Crippen LogP contribution in [0.2, 0.25) is 0 Å². The highest BCUT2D eigenvalue weighted by Crippen LogP contribution is 2.63. The van der Waals surface area contributed by atoms with Crippen molar-refractivity contribution in [1.82, 2.24) is 19.4 Å². The van der Waals surface area contributed by atoms with Gasteiger partial charge in [0.1, 0.15) is 28.7 Å². The Hall–Kier alpha value is -4.48. The highest BCUT2D eigenvalue weighted by atomic mass is 19.4. The molecule has 38 heavy (non-hydrogen) atoms. The summed E-state index contributed by atoms with van der Waals surface area (Å²) in [5.41, 5.74) is 7.30. The average molecular weight is 522 g/mol. The lowest BCUT2D eigenvalue weighted by Gasteiger charge is -2.12. The van der Waals surface area contributed by atoms with E-state index in [9.17, 15) is 27.9 Å². The van der Waals surface area contributed by atoms with Crippen LogP contribution in [0.1, 0.15) is 40.5 Å². The number of rotatable bonds is 5. The van der Waals surface area contributed by atoms with E-state index in [1.54, 1.807) is 24.5 Å². The summed E-state index contributed by atoms with van der Waals surface area (Å²) in [6.07, 6.45) is 1.42. The SMILES string of the molecule is Nc1nccn2c([C@@H]3CCC4C(C(=O)O)[C@H]43)nc(-c3ccc(C(=O)Nc4cc(C(F)(F)F)ccn4)cc3)c12. The van der Waals surface area contributed by atoms with Gasteiger partial charge in [0.05, 0.1) is 11.5 Å². The van der Waals surface area contributed by atoms with E-state index in [4.69, 9.17) is 10.7 Å². The molecule has 0 radical (unpaired) electrons. The first kappa shape index (κ1) is 23.9. The van der Waals surface area contributed by atoms with Crippen LogP contribution < -0.4 is 11.1 Å². The van der Waals surface area contributed by atoms with Crippen LogP contribution in [0.25, 0.3) is 16.8 Å². The van der Waals surface area contributed by atoms with Crippen molar-refractivity contribution in [2.75, 3.05) is 11.1 Å². The minimum absolute atomic E-state index is 0.0193. The number of nitrogens with one attached hydrogen (secondary N) is 1. The first-order valence-electron chi connectivity index (χ1n) is 11.9. The molecule has 9 nitrogen and oxygen atoms in total. The highest BCUT2D eigenvalue weighted by Gasteiger charge is 2.62. The van der Waals surface area contributed by atoms with Crippen molar-refractivity contribution in [2.24, 2.45) is 17.8 Å². The Balaban J connectivity index is 1.29. The fourth-order valence-electron chi connectivity index (χ4n) is 5.73. The maximum absolute atomic E-state index is 13.0. The number of hydrogen-bond donors (Lipinski definition) is 3. The topological polar surface area (TPSA) is 136 Å². The molecule has 3 heterocycles. The van der Waals surface area contributed by atoms with Crippen molar-refractivity contribution in [2.45, 2.75) is 24.9 Å². The summed E-state index contributed by atoms with van der Waals surface area (Å²) in [7, 11) is 0. The van der Waals surface area contributed by atoms with E-state index >= 15 is 0 Å². The van der Waals surface area contributed by atoms with Gasteiger partial charge in [-0.25, -0.2) is 15.0 Å². The number of nitrogens with zero attached hydrogens (tertiary/aromatic N) is 4. The first-order chi connectivity index (χ1) is 18.1. The molecule has 4 atom stereocenters. The van der Waals surface area contributed by atoms with Gasteiger partial charge in [0.15, 0.2) is 0 Å². The Labute approximate surface area is 213 Å². The van der Waals surface area contributed by atoms with E-state index in [0.717, 1.165) is 37.0 Å². The lowest BCUT2D eigenvalue weighted by Crippen LogP contribution is -2.14. The molecule has 1 aromatic carbocycles. The third-order valence-corrected chi connectivity index (χ3v) is 7.48. The Morgan fingerprint density at radius 2 is 1.84 bits per heavy atom. The standard InChI is InChI=1S/C26H21F3N6O3/c27-26(28,29)14-7-8-31-17(11-14)33-24(36)13-3-1-12(2-4-13)20-21-22(30)32-9-10-35(21)23(34-20)16-6-5-15-18(16)19(15)25(37)38/h1-4,7-11,15-16,18-19H,5-6H2,(H2,30,32)(H,37,38)(H,31,33,36)/t15?,16-,18-,19?/m1/s1. The molecule has 2 saturated carbocycles. The van der Waals surface area contributed by atoms with Crippen LogP contribution in [-0.2, 0) is 11.0 Å². The van der Waals surface area contributed by atoms with Crippen molar-refractivity contribution < 1.29 is 27.9 Å². The van der Waals surface area contributed by atoms with Gasteiger partial charge in [-0.2, -0.15) is 13.2 Å². The number of benzene rings is 1. The van der Waals surface area contributed by atoms with Crippen LogP contribution in [0.3, 0.4) is 0 Å². The molecule has 2 aliphatic rings. The number of alkyl halides is 3. The number of anilines is 2. The number of pyridine rings is 1. The van der Waals surface area contributed by atoms with Gasteiger partial charge in [0, 0.05) is 35.6 Å². The van der Waals surface area contributed by atoms with Crippen LogP contribution >= 0.6 is 0 Å². The fourth-order valence-corrected chi connectivity index (χ4v) is 5.73. The Morgan fingerprint density at radius 3 is 2.53 bits per heavy atom. The molecule has 3 aromatic heterocycles. The van der Waals surface area contributed by atoms with Gasteiger partial charge in [-0.05, 0) is 48.9 Å². The molecule has 2 unspecified atom stereocenters. The van der Waals surface area contributed by atoms with Gasteiger partial charge < -0.3 is 16.2 Å². The number of imidazole rings is 1. The number of aromatic nitrogens is 4. The lowest BCUT2D eigenvalue weighted by molar-refractivity contribution is -0.139. The molecule has 0 aliphatic heterocycles. The Kier molecular flexibility index (Phi) is 5.37. The van der Waals surface area contributed by atoms with Crippen LogP contribution in [0.15, 0.2) is 55.0 Å². The molecule has 1 amide bonds. The molecule has 12 heteroatoms. The third-order valence-electron chi connectivity index (χ3n) is 7.48. The first-order valence-corrected chi connectivity index (χ1v) is 11.9. The van der Waals surface area contributed by atoms with Gasteiger partial charge in [0.2, 0.25) is 0 Å². The fraction of sp³-hybridized carbons (Fsp3) is 0.269. The van der Waals surface area contributed by atoms with Crippen LogP contribution in [-0.4, -0.2) is 36.3 Å². The van der Waals surface area contributed by atoms with Crippen molar-refractivity contribution in [3.63, 3.8) is 0 Å². The molecule has 2 fully saturated rings. The zero-order valence-electron chi connectivity index (χ0n) is 19.7. The number of carboxylic acid groups (broad SMARTS) is 1. The minimum Gasteiger partial charge on any atom is -0.481 e. The normalized spacial score (nSPS) is 22.3. The summed E-state index contributed by atoms with van der Waals surface area (Å²) in [4.78, 5) is 37.1. The number of carbonyl (C=O) groups is 2. The maximum atomic E-state index is 13.0. The van der Waals surface area contributed by atoms with E-state index in [1.165, 1.54) is 12.1 Å². The van der Waals surface area contributed by atoms with Gasteiger partial charge in [-0.1, -0.05) is 12.1 Å². The summed E-state index contributed by atoms with van der Waals surface area (Å²) < 4.78 is 40.8. The third kappa shape index (κ3) is 3.92. The molecule has 0 bridgehead atoms. The Bertz CT molecular complexity index is 1580. The second kappa shape index (κ2) is 8.54. The number of halogens is 3. The van der Waals surface area contributed by atoms with Gasteiger partial charge in [-0.15, -0.1) is 0 Å². The largest absolute Gasteiger partial charge is 0.481 e. The molecular formula is C26H21F3N6O3. The van der Waals surface area contributed by atoms with Crippen molar-refractivity contribution in [3.8, 4) is 11.3 Å². The summed E-state index contributed by atoms with van der Waals surface area (Å²) in [6, 6.07) is 7.99. The van der Waals surface area contributed by atoms with E-state index in [1.807, 2.05) is 4.40 Å². The number of fused-ring (bicyclic) bond motifs is 2. The smallest absolute Gasteiger partial charge is 0.416 e. The van der Waals surface area contributed by atoms with Gasteiger partial charge in [-0.3, -0.25) is 14.0 Å². The summed E-state index contributed by atoms with van der Waals surface area (Å²) in [6.45, 7) is 0. The molecular weight excluding hydrogens is 501 g/mol. The van der Waals surface area contributed by atoms with Crippen molar-refractivity contribution in [3.05, 3.63) is 71.9 Å². The number of aliphatic carboxylic acids is 1. The number of carboxylic acids is 1. The molecule has 4 aromatic rings. The van der Waals surface area contributed by atoms with E-state index in [2.05, 4.69) is 15.3 Å². The van der Waals surface area contributed by atoms with Crippen LogP contribution in [0.5, 0.6) is 0 Å². The van der Waals surface area contributed by atoms with Crippen LogP contribution in [0.4, 0.5) is 24.8 Å². The predicted molar refractivity (Wildman–Crippen MR) is 130 cm³/mol. The van der Waals surface area contributed by atoms with Gasteiger partial charge >= 0.3 is 12.1 Å². The zero-order valence-corrected chi connectivity index (χ0v) is 19.7. The molecule has 0 spiro atoms. The van der Waals surface area contributed by atoms with Crippen molar-refractivity contribution >= 4 is 29.0 Å². The predicted octanol–water partition coefficient (Wildman–Crippen LogP) is 4.47. The second-order valence-electron chi connectivity index (χ2n) is 9.60. The summed E-state index contributed by atoms with van der Waals surface area (Å²) in [5, 5.41) is 11.9. The Morgan fingerprint density at radius 1 is 1.08 bits per heavy atom. The van der Waals surface area contributed by atoms with E-state index in [0.29, 0.717) is 16.8 Å². The lowest BCUT2D eigenvalue weighted by atomic mass is 9.99.